The number of hydrogen-bond acceptors (Lipinski definition) is 3. The van der Waals surface area contributed by atoms with Gasteiger partial charge in [0.15, 0.2) is 0 Å². The van der Waals surface area contributed by atoms with E-state index in [9.17, 15) is 9.59 Å². The molecule has 1 aromatic carbocycles. The van der Waals surface area contributed by atoms with E-state index in [0.29, 0.717) is 11.3 Å². The minimum Gasteiger partial charge on any atom is -0.352 e. The maximum absolute atomic E-state index is 12.3. The average Bonchev–Trinajstić information content (AvgIpc) is 3.17. The molecule has 2 N–H and O–H groups in total. The molecule has 4 nitrogen and oxygen atoms in total. The van der Waals surface area contributed by atoms with E-state index in [0.717, 1.165) is 41.3 Å². The highest BCUT2D eigenvalue weighted by Crippen LogP contribution is 2.49. The van der Waals surface area contributed by atoms with E-state index in [1.54, 1.807) is 6.07 Å². The van der Waals surface area contributed by atoms with Crippen LogP contribution in [0.5, 0.6) is 0 Å². The van der Waals surface area contributed by atoms with Crippen LogP contribution in [0.2, 0.25) is 0 Å². The molecule has 1 aromatic rings. The van der Waals surface area contributed by atoms with E-state index in [2.05, 4.69) is 10.6 Å². The van der Waals surface area contributed by atoms with E-state index in [4.69, 9.17) is 0 Å². The van der Waals surface area contributed by atoms with Crippen LogP contribution in [0.25, 0.3) is 0 Å². The van der Waals surface area contributed by atoms with Crippen LogP contribution in [-0.4, -0.2) is 24.1 Å². The first-order valence-electron chi connectivity index (χ1n) is 8.54. The number of fused-ring (bicyclic) bond motifs is 3. The molecule has 3 aliphatic rings. The Balaban J connectivity index is 1.32. The fraction of sp³-hybridized carbons (Fsp3) is 0.556. The van der Waals surface area contributed by atoms with Gasteiger partial charge in [0.2, 0.25) is 5.91 Å². The summed E-state index contributed by atoms with van der Waals surface area (Å²) in [5.41, 5.74) is 1.38. The molecular weight excluding hydrogens is 308 g/mol. The summed E-state index contributed by atoms with van der Waals surface area (Å²) < 4.78 is 0. The predicted octanol–water partition coefficient (Wildman–Crippen LogP) is 3.29. The number of anilines is 1. The third-order valence-electron chi connectivity index (χ3n) is 5.56. The molecule has 3 unspecified atom stereocenters. The lowest BCUT2D eigenvalue weighted by atomic mass is 9.86. The molecule has 1 aliphatic heterocycles. The SMILES string of the molecule is O=C1CSc2ccc(C(=O)NCCC3CC4CCC3C4)cc2N1. The second-order valence-electron chi connectivity index (χ2n) is 7.03. The lowest BCUT2D eigenvalue weighted by Crippen LogP contribution is -2.27. The van der Waals surface area contributed by atoms with E-state index >= 15 is 0 Å². The van der Waals surface area contributed by atoms with Gasteiger partial charge in [-0.05, 0) is 61.6 Å². The third kappa shape index (κ3) is 3.11. The maximum atomic E-state index is 12.3. The van der Waals surface area contributed by atoms with Gasteiger partial charge in [-0.15, -0.1) is 11.8 Å². The summed E-state index contributed by atoms with van der Waals surface area (Å²) in [4.78, 5) is 24.8. The molecule has 122 valence electrons. The summed E-state index contributed by atoms with van der Waals surface area (Å²) in [5, 5.41) is 5.88. The van der Waals surface area contributed by atoms with Gasteiger partial charge in [-0.1, -0.05) is 6.42 Å². The summed E-state index contributed by atoms with van der Waals surface area (Å²) in [6.07, 6.45) is 6.70. The molecule has 2 saturated carbocycles. The second-order valence-corrected chi connectivity index (χ2v) is 8.04. The molecule has 23 heavy (non-hydrogen) atoms. The van der Waals surface area contributed by atoms with Crippen molar-refractivity contribution in [1.82, 2.24) is 5.32 Å². The molecule has 0 saturated heterocycles. The number of rotatable bonds is 4. The summed E-state index contributed by atoms with van der Waals surface area (Å²) in [5.74, 6) is 3.09. The fourth-order valence-corrected chi connectivity index (χ4v) is 5.22. The van der Waals surface area contributed by atoms with Gasteiger partial charge in [0.25, 0.3) is 5.91 Å². The molecule has 2 amide bonds. The van der Waals surface area contributed by atoms with Crippen molar-refractivity contribution in [2.24, 2.45) is 17.8 Å². The second kappa shape index (κ2) is 6.19. The summed E-state index contributed by atoms with van der Waals surface area (Å²) in [6, 6.07) is 5.55. The molecule has 4 rings (SSSR count). The number of nitrogens with one attached hydrogen (secondary N) is 2. The zero-order chi connectivity index (χ0) is 15.8. The van der Waals surface area contributed by atoms with E-state index < -0.39 is 0 Å². The Bertz CT molecular complexity index is 646. The summed E-state index contributed by atoms with van der Waals surface area (Å²) in [7, 11) is 0. The van der Waals surface area contributed by atoms with Crippen molar-refractivity contribution >= 4 is 29.3 Å². The molecule has 0 spiro atoms. The normalized spacial score (nSPS) is 28.3. The van der Waals surface area contributed by atoms with Crippen LogP contribution in [-0.2, 0) is 4.79 Å². The standard InChI is InChI=1S/C18H22N2O2S/c21-17-10-23-16-4-3-14(9-15(16)20-17)18(22)19-6-5-13-8-11-1-2-12(13)7-11/h3-4,9,11-13H,1-2,5-8,10H2,(H,19,22)(H,20,21). The highest BCUT2D eigenvalue weighted by molar-refractivity contribution is 8.00. The minimum absolute atomic E-state index is 0.00338. The van der Waals surface area contributed by atoms with Gasteiger partial charge in [0.1, 0.15) is 0 Å². The Morgan fingerprint density at radius 3 is 3.00 bits per heavy atom. The van der Waals surface area contributed by atoms with Crippen molar-refractivity contribution in [3.63, 3.8) is 0 Å². The molecule has 0 radical (unpaired) electrons. The minimum atomic E-state index is -0.0409. The van der Waals surface area contributed by atoms with E-state index in [1.165, 1.54) is 37.4 Å². The van der Waals surface area contributed by atoms with Gasteiger partial charge < -0.3 is 10.6 Å². The molecule has 1 heterocycles. The topological polar surface area (TPSA) is 58.2 Å². The monoisotopic (exact) mass is 330 g/mol. The highest BCUT2D eigenvalue weighted by Gasteiger charge is 2.38. The van der Waals surface area contributed by atoms with Gasteiger partial charge >= 0.3 is 0 Å². The Kier molecular flexibility index (Phi) is 4.05. The first kappa shape index (κ1) is 15.1. The fourth-order valence-electron chi connectivity index (χ4n) is 4.43. The van der Waals surface area contributed by atoms with Crippen molar-refractivity contribution in [3.05, 3.63) is 23.8 Å². The van der Waals surface area contributed by atoms with Crippen LogP contribution in [0.1, 0.15) is 42.5 Å². The highest BCUT2D eigenvalue weighted by atomic mass is 32.2. The molecule has 5 heteroatoms. The van der Waals surface area contributed by atoms with Crippen molar-refractivity contribution in [2.45, 2.75) is 37.0 Å². The number of benzene rings is 1. The zero-order valence-corrected chi connectivity index (χ0v) is 14.0. The lowest BCUT2D eigenvalue weighted by molar-refractivity contribution is -0.113. The van der Waals surface area contributed by atoms with Gasteiger partial charge in [-0.2, -0.15) is 0 Å². The van der Waals surface area contributed by atoms with Gasteiger partial charge in [0, 0.05) is 17.0 Å². The van der Waals surface area contributed by atoms with Crippen molar-refractivity contribution < 1.29 is 9.59 Å². The summed E-state index contributed by atoms with van der Waals surface area (Å²) in [6.45, 7) is 0.755. The average molecular weight is 330 g/mol. The van der Waals surface area contributed by atoms with E-state index in [-0.39, 0.29) is 11.8 Å². The van der Waals surface area contributed by atoms with Crippen LogP contribution in [0.4, 0.5) is 5.69 Å². The third-order valence-corrected chi connectivity index (χ3v) is 6.63. The Morgan fingerprint density at radius 1 is 1.30 bits per heavy atom. The summed E-state index contributed by atoms with van der Waals surface area (Å²) >= 11 is 1.51. The number of carbonyl (C=O) groups excluding carboxylic acids is 2. The van der Waals surface area contributed by atoms with Crippen molar-refractivity contribution in [1.29, 1.82) is 0 Å². The first-order chi connectivity index (χ1) is 11.2. The zero-order valence-electron chi connectivity index (χ0n) is 13.1. The molecule has 2 fully saturated rings. The van der Waals surface area contributed by atoms with Crippen LogP contribution >= 0.6 is 11.8 Å². The Morgan fingerprint density at radius 2 is 2.22 bits per heavy atom. The van der Waals surface area contributed by atoms with Crippen molar-refractivity contribution in [2.75, 3.05) is 17.6 Å². The Hall–Kier alpha value is -1.49. The number of thioether (sulfide) groups is 1. The first-order valence-corrected chi connectivity index (χ1v) is 9.52. The smallest absolute Gasteiger partial charge is 0.251 e. The maximum Gasteiger partial charge on any atom is 0.251 e. The van der Waals surface area contributed by atoms with Crippen molar-refractivity contribution in [3.8, 4) is 0 Å². The van der Waals surface area contributed by atoms with E-state index in [1.807, 2.05) is 12.1 Å². The largest absolute Gasteiger partial charge is 0.352 e. The number of carbonyl (C=O) groups is 2. The van der Waals surface area contributed by atoms with Gasteiger partial charge in [0.05, 0.1) is 11.4 Å². The van der Waals surface area contributed by atoms with Gasteiger partial charge in [-0.3, -0.25) is 9.59 Å². The van der Waals surface area contributed by atoms with Gasteiger partial charge in [-0.25, -0.2) is 0 Å². The van der Waals surface area contributed by atoms with Crippen LogP contribution in [0.15, 0.2) is 23.1 Å². The lowest BCUT2D eigenvalue weighted by Gasteiger charge is -2.21. The van der Waals surface area contributed by atoms with Crippen LogP contribution < -0.4 is 10.6 Å². The number of hydrogen-bond donors (Lipinski definition) is 2. The van der Waals surface area contributed by atoms with Crippen LogP contribution in [0, 0.1) is 17.8 Å². The quantitative estimate of drug-likeness (QED) is 0.891. The molecule has 2 aliphatic carbocycles. The molecular formula is C18H22N2O2S. The predicted molar refractivity (Wildman–Crippen MR) is 91.7 cm³/mol. The number of amides is 2. The Labute approximate surface area is 140 Å². The molecule has 3 atom stereocenters. The molecule has 2 bridgehead atoms. The molecule has 0 aromatic heterocycles. The van der Waals surface area contributed by atoms with Crippen LogP contribution in [0.3, 0.4) is 0 Å².